The van der Waals surface area contributed by atoms with Gasteiger partial charge >= 0.3 is 18.2 Å². The Kier molecular flexibility index (Phi) is 6.73. The lowest BCUT2D eigenvalue weighted by atomic mass is 9.98. The third-order valence-corrected chi connectivity index (χ3v) is 6.72. The number of alkyl carbamates (subject to hydrolysis) is 1. The Hall–Kier alpha value is -3.56. The van der Waals surface area contributed by atoms with Crippen molar-refractivity contribution in [1.29, 1.82) is 0 Å². The molecule has 186 valence electrons. The third-order valence-electron chi connectivity index (χ3n) is 6.72. The number of fused-ring (bicyclic) bond motifs is 3. The van der Waals surface area contributed by atoms with Gasteiger partial charge in [-0.05, 0) is 35.6 Å². The largest absolute Gasteiger partial charge is 0.481 e. The maximum atomic E-state index is 13.2. The first-order chi connectivity index (χ1) is 16.6. The van der Waals surface area contributed by atoms with Crippen LogP contribution in [-0.2, 0) is 14.3 Å². The van der Waals surface area contributed by atoms with Crippen LogP contribution < -0.4 is 5.32 Å². The highest BCUT2D eigenvalue weighted by Gasteiger charge is 2.44. The average molecular weight is 490 g/mol. The Morgan fingerprint density at radius 3 is 2.17 bits per heavy atom. The molecule has 1 saturated heterocycles. The van der Waals surface area contributed by atoms with E-state index >= 15 is 0 Å². The van der Waals surface area contributed by atoms with E-state index in [-0.39, 0.29) is 25.5 Å². The molecular formula is C25H25F3N2O5. The number of amides is 2. The number of nitrogens with zero attached hydrogens (tertiary/aromatic N) is 1. The Morgan fingerprint density at radius 1 is 1.09 bits per heavy atom. The fraction of sp³-hybridized carbons (Fsp3) is 0.400. The van der Waals surface area contributed by atoms with Crippen LogP contribution in [0.1, 0.15) is 36.8 Å². The molecule has 0 spiro atoms. The first kappa shape index (κ1) is 24.6. The Labute approximate surface area is 199 Å². The minimum Gasteiger partial charge on any atom is -0.481 e. The molecule has 3 atom stereocenters. The number of halogens is 3. The van der Waals surface area contributed by atoms with Gasteiger partial charge in [-0.3, -0.25) is 9.59 Å². The zero-order chi connectivity index (χ0) is 25.3. The molecular weight excluding hydrogens is 465 g/mol. The van der Waals surface area contributed by atoms with Crippen molar-refractivity contribution in [3.8, 4) is 11.1 Å². The SMILES string of the molecule is CC1C(C(=O)O)CCN1C(=O)C(CC(F)(F)F)NC(=O)OCC1c2ccccc2-c2ccccc21. The summed E-state index contributed by atoms with van der Waals surface area (Å²) in [6.07, 6.45) is -7.33. The Bertz CT molecular complexity index is 1090. The van der Waals surface area contributed by atoms with Gasteiger partial charge in [0, 0.05) is 18.5 Å². The standard InChI is InChI=1S/C25H25F3N2O5/c1-14-15(23(32)33)10-11-30(14)22(31)21(12-25(26,27)28)29-24(34)35-13-20-18-8-4-2-6-16(18)17-7-3-5-9-19(17)20/h2-9,14-15,20-21H,10-13H2,1H3,(H,29,34)(H,32,33). The molecule has 1 fully saturated rings. The highest BCUT2D eigenvalue weighted by atomic mass is 19.4. The molecule has 35 heavy (non-hydrogen) atoms. The number of carbonyl (C=O) groups is 3. The van der Waals surface area contributed by atoms with Gasteiger partial charge in [0.25, 0.3) is 0 Å². The summed E-state index contributed by atoms with van der Waals surface area (Å²) in [5.41, 5.74) is 3.88. The summed E-state index contributed by atoms with van der Waals surface area (Å²) < 4.78 is 44.9. The third kappa shape index (κ3) is 5.11. The summed E-state index contributed by atoms with van der Waals surface area (Å²) >= 11 is 0. The number of benzene rings is 2. The molecule has 0 aromatic heterocycles. The molecule has 2 aromatic rings. The Morgan fingerprint density at radius 2 is 1.66 bits per heavy atom. The zero-order valence-electron chi connectivity index (χ0n) is 18.9. The van der Waals surface area contributed by atoms with Crippen LogP contribution in [0.15, 0.2) is 48.5 Å². The number of carboxylic acid groups (broad SMARTS) is 1. The van der Waals surface area contributed by atoms with Crippen LogP contribution in [0.5, 0.6) is 0 Å². The van der Waals surface area contributed by atoms with E-state index in [9.17, 15) is 32.7 Å². The van der Waals surface area contributed by atoms with Gasteiger partial charge in [0.05, 0.1) is 12.3 Å². The van der Waals surface area contributed by atoms with E-state index in [1.54, 1.807) is 0 Å². The summed E-state index contributed by atoms with van der Waals surface area (Å²) in [6.45, 7) is 1.35. The second-order valence-electron chi connectivity index (χ2n) is 8.85. The van der Waals surface area contributed by atoms with Crippen molar-refractivity contribution in [3.05, 3.63) is 59.7 Å². The van der Waals surface area contributed by atoms with E-state index in [0.29, 0.717) is 0 Å². The maximum absolute atomic E-state index is 13.2. The highest BCUT2D eigenvalue weighted by Crippen LogP contribution is 2.44. The summed E-state index contributed by atoms with van der Waals surface area (Å²) in [7, 11) is 0. The molecule has 0 saturated carbocycles. The monoisotopic (exact) mass is 490 g/mol. The fourth-order valence-electron chi connectivity index (χ4n) is 4.99. The van der Waals surface area contributed by atoms with Crippen LogP contribution >= 0.6 is 0 Å². The second kappa shape index (κ2) is 9.59. The minimum atomic E-state index is -4.73. The van der Waals surface area contributed by atoms with Gasteiger partial charge in [0.15, 0.2) is 0 Å². The summed E-state index contributed by atoms with van der Waals surface area (Å²) in [5, 5.41) is 11.3. The van der Waals surface area contributed by atoms with Crippen molar-refractivity contribution in [1.82, 2.24) is 10.2 Å². The number of nitrogens with one attached hydrogen (secondary N) is 1. The van der Waals surface area contributed by atoms with Gasteiger partial charge in [-0.15, -0.1) is 0 Å². The lowest BCUT2D eigenvalue weighted by Gasteiger charge is -2.29. The number of aliphatic carboxylic acids is 1. The average Bonchev–Trinajstić information content (AvgIpc) is 3.34. The Balaban J connectivity index is 1.45. The van der Waals surface area contributed by atoms with Crippen LogP contribution in [0.3, 0.4) is 0 Å². The van der Waals surface area contributed by atoms with Crippen molar-refractivity contribution in [3.63, 3.8) is 0 Å². The number of hydrogen-bond donors (Lipinski definition) is 2. The molecule has 1 aliphatic carbocycles. The topological polar surface area (TPSA) is 95.9 Å². The number of carboxylic acids is 1. The molecule has 10 heteroatoms. The molecule has 2 aliphatic rings. The number of likely N-dealkylation sites (tertiary alicyclic amines) is 1. The maximum Gasteiger partial charge on any atom is 0.407 e. The predicted molar refractivity (Wildman–Crippen MR) is 120 cm³/mol. The van der Waals surface area contributed by atoms with Crippen LogP contribution in [0.25, 0.3) is 11.1 Å². The van der Waals surface area contributed by atoms with Gasteiger partial charge in [0.1, 0.15) is 12.6 Å². The normalized spacial score (nSPS) is 20.2. The van der Waals surface area contributed by atoms with E-state index in [4.69, 9.17) is 4.74 Å². The summed E-state index contributed by atoms with van der Waals surface area (Å²) in [4.78, 5) is 37.8. The quantitative estimate of drug-likeness (QED) is 0.634. The van der Waals surface area contributed by atoms with E-state index in [1.807, 2.05) is 48.5 Å². The van der Waals surface area contributed by atoms with Crippen LogP contribution in [0.2, 0.25) is 0 Å². The highest BCUT2D eigenvalue weighted by molar-refractivity contribution is 5.87. The van der Waals surface area contributed by atoms with Crippen molar-refractivity contribution >= 4 is 18.0 Å². The lowest BCUT2D eigenvalue weighted by molar-refractivity contribution is -0.155. The van der Waals surface area contributed by atoms with E-state index in [2.05, 4.69) is 5.32 Å². The summed E-state index contributed by atoms with van der Waals surface area (Å²) in [5.74, 6) is -3.27. The lowest BCUT2D eigenvalue weighted by Crippen LogP contribution is -2.52. The van der Waals surface area contributed by atoms with Gasteiger partial charge in [-0.25, -0.2) is 4.79 Å². The minimum absolute atomic E-state index is 0.00229. The molecule has 0 bridgehead atoms. The second-order valence-corrected chi connectivity index (χ2v) is 8.85. The van der Waals surface area contributed by atoms with Gasteiger partial charge in [-0.1, -0.05) is 48.5 Å². The van der Waals surface area contributed by atoms with Crippen LogP contribution in [-0.4, -0.2) is 59.4 Å². The first-order valence-electron chi connectivity index (χ1n) is 11.3. The molecule has 4 rings (SSSR count). The molecule has 1 aliphatic heterocycles. The molecule has 7 nitrogen and oxygen atoms in total. The first-order valence-corrected chi connectivity index (χ1v) is 11.3. The smallest absolute Gasteiger partial charge is 0.407 e. The van der Waals surface area contributed by atoms with Gasteiger partial charge < -0.3 is 20.1 Å². The van der Waals surface area contributed by atoms with E-state index in [1.165, 1.54) is 6.92 Å². The zero-order valence-corrected chi connectivity index (χ0v) is 18.9. The molecule has 2 amide bonds. The van der Waals surface area contributed by atoms with Gasteiger partial charge in [0.2, 0.25) is 5.91 Å². The van der Waals surface area contributed by atoms with Gasteiger partial charge in [-0.2, -0.15) is 13.2 Å². The van der Waals surface area contributed by atoms with Crippen molar-refractivity contribution in [2.45, 2.75) is 43.9 Å². The molecule has 0 radical (unpaired) electrons. The number of ether oxygens (including phenoxy) is 1. The predicted octanol–water partition coefficient (Wildman–Crippen LogP) is 4.17. The van der Waals surface area contributed by atoms with E-state index in [0.717, 1.165) is 27.2 Å². The van der Waals surface area contributed by atoms with E-state index < -0.39 is 48.6 Å². The van der Waals surface area contributed by atoms with Crippen molar-refractivity contribution < 1.29 is 37.4 Å². The molecule has 2 N–H and O–H groups in total. The molecule has 1 heterocycles. The number of alkyl halides is 3. The number of carbonyl (C=O) groups excluding carboxylic acids is 2. The van der Waals surface area contributed by atoms with Crippen molar-refractivity contribution in [2.24, 2.45) is 5.92 Å². The van der Waals surface area contributed by atoms with Crippen molar-refractivity contribution in [2.75, 3.05) is 13.2 Å². The summed E-state index contributed by atoms with van der Waals surface area (Å²) in [6, 6.07) is 12.5. The van der Waals surface area contributed by atoms with Crippen LogP contribution in [0, 0.1) is 5.92 Å². The fourth-order valence-corrected chi connectivity index (χ4v) is 4.99. The molecule has 3 unspecified atom stereocenters. The number of rotatable bonds is 6. The molecule has 2 aromatic carbocycles. The van der Waals surface area contributed by atoms with Crippen LogP contribution in [0.4, 0.5) is 18.0 Å². The number of hydrogen-bond acceptors (Lipinski definition) is 4.